The molecule has 1 nitrogen and oxygen atoms in total. The molecule has 0 aliphatic heterocycles. The van der Waals surface area contributed by atoms with Gasteiger partial charge in [0.25, 0.3) is 0 Å². The van der Waals surface area contributed by atoms with Gasteiger partial charge in [-0.3, -0.25) is 4.79 Å². The van der Waals surface area contributed by atoms with Crippen LogP contribution in [0.4, 0.5) is 0 Å². The maximum Gasteiger partial charge on any atom is 0.155 e. The summed E-state index contributed by atoms with van der Waals surface area (Å²) in [7, 11) is 0. The summed E-state index contributed by atoms with van der Waals surface area (Å²) in [5.74, 6) is 0.828. The van der Waals surface area contributed by atoms with Crippen molar-refractivity contribution < 1.29 is 4.79 Å². The lowest BCUT2D eigenvalue weighted by molar-refractivity contribution is -0.114. The largest absolute Gasteiger partial charge is 0.295 e. The smallest absolute Gasteiger partial charge is 0.155 e. The van der Waals surface area contributed by atoms with E-state index >= 15 is 0 Å². The van der Waals surface area contributed by atoms with Gasteiger partial charge in [-0.15, -0.1) is 0 Å². The topological polar surface area (TPSA) is 17.1 Å². The van der Waals surface area contributed by atoms with E-state index in [1.807, 2.05) is 6.92 Å². The number of hydrogen-bond donors (Lipinski definition) is 0. The molecule has 0 saturated carbocycles. The zero-order valence-electron chi connectivity index (χ0n) is 12.2. The van der Waals surface area contributed by atoms with Crippen LogP contribution < -0.4 is 0 Å². The molecule has 0 fully saturated rings. The summed E-state index contributed by atoms with van der Waals surface area (Å²) >= 11 is 0. The molecular weight excluding hydrogens is 220 g/mol. The molecular formula is C17H26O. The second-order valence-corrected chi connectivity index (χ2v) is 5.71. The van der Waals surface area contributed by atoms with Gasteiger partial charge in [0.2, 0.25) is 0 Å². The number of ketones is 1. The summed E-state index contributed by atoms with van der Waals surface area (Å²) < 4.78 is 0. The molecule has 100 valence electrons. The molecule has 1 rings (SSSR count). The molecule has 0 saturated heterocycles. The zero-order chi connectivity index (χ0) is 13.6. The van der Waals surface area contributed by atoms with Crippen molar-refractivity contribution in [1.29, 1.82) is 0 Å². The molecule has 18 heavy (non-hydrogen) atoms. The average Bonchev–Trinajstić information content (AvgIpc) is 2.35. The van der Waals surface area contributed by atoms with E-state index in [1.54, 1.807) is 6.08 Å². The number of carbonyl (C=O) groups excluding carboxylic acids is 1. The first-order chi connectivity index (χ1) is 8.48. The van der Waals surface area contributed by atoms with Gasteiger partial charge in [-0.1, -0.05) is 43.7 Å². The predicted octanol–water partition coefficient (Wildman–Crippen LogP) is 4.85. The van der Waals surface area contributed by atoms with Crippen LogP contribution in [0.5, 0.6) is 0 Å². The Morgan fingerprint density at radius 2 is 2.17 bits per heavy atom. The van der Waals surface area contributed by atoms with E-state index in [0.717, 1.165) is 12.8 Å². The number of allylic oxidation sites excluding steroid dienone is 6. The van der Waals surface area contributed by atoms with Crippen LogP contribution in [-0.2, 0) is 4.79 Å². The third kappa shape index (κ3) is 4.29. The minimum absolute atomic E-state index is 0.0367. The van der Waals surface area contributed by atoms with Crippen molar-refractivity contribution in [2.45, 2.75) is 53.4 Å². The highest BCUT2D eigenvalue weighted by molar-refractivity contribution is 5.89. The molecule has 0 spiro atoms. The molecule has 0 amide bonds. The summed E-state index contributed by atoms with van der Waals surface area (Å²) in [5, 5.41) is 0. The van der Waals surface area contributed by atoms with Gasteiger partial charge in [0.15, 0.2) is 5.78 Å². The van der Waals surface area contributed by atoms with E-state index < -0.39 is 0 Å². The maximum absolute atomic E-state index is 11.4. The van der Waals surface area contributed by atoms with Crippen LogP contribution in [0, 0.1) is 11.3 Å². The van der Waals surface area contributed by atoms with Crippen molar-refractivity contribution in [1.82, 2.24) is 0 Å². The third-order valence-electron chi connectivity index (χ3n) is 3.83. The number of rotatable bonds is 5. The first-order valence-corrected chi connectivity index (χ1v) is 7.01. The van der Waals surface area contributed by atoms with Crippen LogP contribution in [0.3, 0.4) is 0 Å². The Morgan fingerprint density at radius 1 is 1.44 bits per heavy atom. The lowest BCUT2D eigenvalue weighted by Crippen LogP contribution is -2.25. The molecule has 1 heteroatoms. The van der Waals surface area contributed by atoms with Gasteiger partial charge in [0, 0.05) is 11.8 Å². The highest BCUT2D eigenvalue weighted by atomic mass is 16.1. The lowest BCUT2D eigenvalue weighted by Gasteiger charge is -2.35. The van der Waals surface area contributed by atoms with Gasteiger partial charge in [0.05, 0.1) is 0 Å². The van der Waals surface area contributed by atoms with Crippen LogP contribution >= 0.6 is 0 Å². The van der Waals surface area contributed by atoms with Crippen molar-refractivity contribution in [3.05, 3.63) is 36.0 Å². The van der Waals surface area contributed by atoms with Gasteiger partial charge >= 0.3 is 0 Å². The van der Waals surface area contributed by atoms with E-state index in [4.69, 9.17) is 0 Å². The molecule has 0 aromatic heterocycles. The van der Waals surface area contributed by atoms with Crippen molar-refractivity contribution >= 4 is 5.78 Å². The van der Waals surface area contributed by atoms with Crippen LogP contribution in [0.25, 0.3) is 0 Å². The Balaban J connectivity index is 2.82. The van der Waals surface area contributed by atoms with Gasteiger partial charge in [0.1, 0.15) is 0 Å². The molecule has 1 aliphatic carbocycles. The average molecular weight is 246 g/mol. The Hall–Kier alpha value is -1.11. The van der Waals surface area contributed by atoms with Crippen molar-refractivity contribution in [3.8, 4) is 0 Å². The van der Waals surface area contributed by atoms with Gasteiger partial charge in [-0.25, -0.2) is 0 Å². The summed E-state index contributed by atoms with van der Waals surface area (Å²) in [6.07, 6.45) is 14.8. The van der Waals surface area contributed by atoms with E-state index in [-0.39, 0.29) is 11.2 Å². The SMILES string of the molecule is CCC(=O)/C=C/C1(C)C=CCCC1CC=C(C)C. The fourth-order valence-corrected chi connectivity index (χ4v) is 2.41. The molecule has 0 bridgehead atoms. The molecule has 1 aliphatic rings. The predicted molar refractivity (Wildman–Crippen MR) is 78.5 cm³/mol. The summed E-state index contributed by atoms with van der Waals surface area (Å²) in [6, 6.07) is 0. The van der Waals surface area contributed by atoms with Gasteiger partial charge in [-0.2, -0.15) is 0 Å². The normalized spacial score (nSPS) is 27.4. The van der Waals surface area contributed by atoms with E-state index in [1.165, 1.54) is 12.0 Å². The Kier molecular flexibility index (Phi) is 5.58. The van der Waals surface area contributed by atoms with E-state index in [2.05, 4.69) is 45.1 Å². The van der Waals surface area contributed by atoms with Crippen molar-refractivity contribution in [2.24, 2.45) is 11.3 Å². The van der Waals surface area contributed by atoms with Crippen LogP contribution in [-0.4, -0.2) is 5.78 Å². The minimum atomic E-state index is 0.0367. The second kappa shape index (κ2) is 6.72. The van der Waals surface area contributed by atoms with E-state index in [9.17, 15) is 4.79 Å². The molecule has 0 aromatic rings. The molecule has 0 radical (unpaired) electrons. The molecule has 2 atom stereocenters. The molecule has 0 heterocycles. The Morgan fingerprint density at radius 3 is 2.78 bits per heavy atom. The van der Waals surface area contributed by atoms with Crippen molar-refractivity contribution in [2.75, 3.05) is 0 Å². The summed E-state index contributed by atoms with van der Waals surface area (Å²) in [5.41, 5.74) is 1.41. The van der Waals surface area contributed by atoms with Crippen LogP contribution in [0.2, 0.25) is 0 Å². The monoisotopic (exact) mass is 246 g/mol. The maximum atomic E-state index is 11.4. The highest BCUT2D eigenvalue weighted by Crippen LogP contribution is 2.40. The minimum Gasteiger partial charge on any atom is -0.295 e. The molecule has 0 aromatic carbocycles. The van der Waals surface area contributed by atoms with Crippen LogP contribution in [0.1, 0.15) is 53.4 Å². The number of hydrogen-bond acceptors (Lipinski definition) is 1. The summed E-state index contributed by atoms with van der Waals surface area (Å²) in [6.45, 7) is 8.44. The first-order valence-electron chi connectivity index (χ1n) is 7.01. The van der Waals surface area contributed by atoms with E-state index in [0.29, 0.717) is 12.3 Å². The van der Waals surface area contributed by atoms with Crippen LogP contribution in [0.15, 0.2) is 36.0 Å². The highest BCUT2D eigenvalue weighted by Gasteiger charge is 2.30. The molecule has 2 unspecified atom stereocenters. The third-order valence-corrected chi connectivity index (χ3v) is 3.83. The Labute approximate surface area is 112 Å². The van der Waals surface area contributed by atoms with Crippen molar-refractivity contribution in [3.63, 3.8) is 0 Å². The molecule has 0 N–H and O–H groups in total. The standard InChI is InChI=1S/C17H26O/c1-5-16(18)11-13-17(4)12-7-6-8-15(17)10-9-14(2)3/h7,9,11-13,15H,5-6,8,10H2,1-4H3/b13-11+. The first kappa shape index (κ1) is 14.9. The fourth-order valence-electron chi connectivity index (χ4n) is 2.41. The van der Waals surface area contributed by atoms with Gasteiger partial charge < -0.3 is 0 Å². The summed E-state index contributed by atoms with van der Waals surface area (Å²) in [4.78, 5) is 11.4. The fraction of sp³-hybridized carbons (Fsp3) is 0.588. The quantitative estimate of drug-likeness (QED) is 0.500. The van der Waals surface area contributed by atoms with Gasteiger partial charge in [-0.05, 0) is 45.1 Å². The zero-order valence-corrected chi connectivity index (χ0v) is 12.2. The number of carbonyl (C=O) groups is 1. The lowest BCUT2D eigenvalue weighted by atomic mass is 9.69. The second-order valence-electron chi connectivity index (χ2n) is 5.71. The Bertz CT molecular complexity index is 369.